The Morgan fingerprint density at radius 2 is 1.66 bits per heavy atom. The molecule has 0 fully saturated rings. The van der Waals surface area contributed by atoms with Crippen LogP contribution in [0.15, 0.2) is 97.2 Å². The second-order valence-corrected chi connectivity index (χ2v) is 11.9. The molecule has 0 spiro atoms. The van der Waals surface area contributed by atoms with Crippen molar-refractivity contribution in [2.75, 3.05) is 7.11 Å². The van der Waals surface area contributed by atoms with Gasteiger partial charge in [-0.2, -0.15) is 0 Å². The Kier molecular flexibility index (Phi) is 8.17. The molecule has 4 aromatic carbocycles. The average molecular weight is 587 g/mol. The molecule has 0 aliphatic rings. The van der Waals surface area contributed by atoms with Gasteiger partial charge >= 0.3 is 0 Å². The number of rotatable bonds is 11. The van der Waals surface area contributed by atoms with E-state index >= 15 is 0 Å². The SMILES string of the molecule is COc1ccc(Cn2c(CCc3c[nH]c4ccccc34)nnc2C(Cc2ccc3ccccc3c2)NC(=O)C(C)(C)N)cc1. The number of carbonyl (C=O) groups is 1. The van der Waals surface area contributed by atoms with E-state index in [-0.39, 0.29) is 5.91 Å². The summed E-state index contributed by atoms with van der Waals surface area (Å²) < 4.78 is 7.53. The Labute approximate surface area is 257 Å². The van der Waals surface area contributed by atoms with Gasteiger partial charge in [-0.1, -0.05) is 72.8 Å². The average Bonchev–Trinajstić information content (AvgIpc) is 3.63. The highest BCUT2D eigenvalue weighted by molar-refractivity contribution is 5.86. The summed E-state index contributed by atoms with van der Waals surface area (Å²) in [6.07, 6.45) is 4.09. The molecule has 0 aliphatic carbocycles. The number of hydrogen-bond acceptors (Lipinski definition) is 5. The number of benzene rings is 4. The van der Waals surface area contributed by atoms with Crippen LogP contribution in [0.2, 0.25) is 0 Å². The van der Waals surface area contributed by atoms with Crippen LogP contribution in [-0.4, -0.2) is 38.3 Å². The Bertz CT molecular complexity index is 1900. The molecule has 4 N–H and O–H groups in total. The van der Waals surface area contributed by atoms with Gasteiger partial charge in [0.1, 0.15) is 11.6 Å². The summed E-state index contributed by atoms with van der Waals surface area (Å²) in [5.74, 6) is 2.10. The van der Waals surface area contributed by atoms with Crippen LogP contribution in [0, 0.1) is 0 Å². The number of nitrogens with two attached hydrogens (primary N) is 1. The second kappa shape index (κ2) is 12.3. The molecular weight excluding hydrogens is 548 g/mol. The number of aryl methyl sites for hydroxylation is 2. The van der Waals surface area contributed by atoms with E-state index in [9.17, 15) is 4.79 Å². The first-order chi connectivity index (χ1) is 21.3. The minimum atomic E-state index is -1.05. The van der Waals surface area contributed by atoms with Crippen molar-refractivity contribution < 1.29 is 9.53 Å². The molecule has 224 valence electrons. The molecule has 2 heterocycles. The fourth-order valence-electron chi connectivity index (χ4n) is 5.62. The molecule has 8 heteroatoms. The minimum Gasteiger partial charge on any atom is -0.497 e. The van der Waals surface area contributed by atoms with E-state index in [0.717, 1.165) is 40.0 Å². The van der Waals surface area contributed by atoms with Gasteiger partial charge in [0, 0.05) is 23.5 Å². The summed E-state index contributed by atoms with van der Waals surface area (Å²) in [6.45, 7) is 3.97. The molecule has 2 aromatic heterocycles. The van der Waals surface area contributed by atoms with Crippen molar-refractivity contribution in [3.63, 3.8) is 0 Å². The van der Waals surface area contributed by atoms with Gasteiger partial charge < -0.3 is 25.3 Å². The topological polar surface area (TPSA) is 111 Å². The lowest BCUT2D eigenvalue weighted by Crippen LogP contribution is -2.50. The van der Waals surface area contributed by atoms with Gasteiger partial charge in [0.25, 0.3) is 0 Å². The molecule has 8 nitrogen and oxygen atoms in total. The lowest BCUT2D eigenvalue weighted by atomic mass is 9.99. The number of nitrogens with zero attached hydrogens (tertiary/aromatic N) is 3. The molecule has 0 saturated heterocycles. The Morgan fingerprint density at radius 1 is 0.932 bits per heavy atom. The lowest BCUT2D eigenvalue weighted by molar-refractivity contribution is -0.126. The van der Waals surface area contributed by atoms with E-state index in [4.69, 9.17) is 20.7 Å². The molecule has 1 atom stereocenters. The number of para-hydroxylation sites is 1. The standard InChI is InChI=1S/C36H38N6O2/c1-36(2,37)35(43)39-32(21-25-12-15-26-8-4-5-9-27(26)20-25)34-41-40-33(42(34)23-24-13-17-29(44-3)18-14-24)19-16-28-22-38-31-11-7-6-10-30(28)31/h4-15,17-18,20,22,32,38H,16,19,21,23,37H2,1-3H3,(H,39,43). The van der Waals surface area contributed by atoms with E-state index in [1.54, 1.807) is 21.0 Å². The fourth-order valence-corrected chi connectivity index (χ4v) is 5.62. The smallest absolute Gasteiger partial charge is 0.240 e. The zero-order valence-corrected chi connectivity index (χ0v) is 25.4. The molecule has 0 radical (unpaired) electrons. The minimum absolute atomic E-state index is 0.248. The van der Waals surface area contributed by atoms with Crippen molar-refractivity contribution in [3.05, 3.63) is 126 Å². The number of fused-ring (bicyclic) bond motifs is 2. The lowest BCUT2D eigenvalue weighted by Gasteiger charge is -2.25. The number of aromatic amines is 1. The third-order valence-corrected chi connectivity index (χ3v) is 8.10. The van der Waals surface area contributed by atoms with Gasteiger partial charge in [0.05, 0.1) is 25.2 Å². The Morgan fingerprint density at radius 3 is 2.43 bits per heavy atom. The highest BCUT2D eigenvalue weighted by atomic mass is 16.5. The maximum atomic E-state index is 13.3. The molecule has 6 rings (SSSR count). The Balaban J connectivity index is 1.38. The second-order valence-electron chi connectivity index (χ2n) is 11.9. The summed E-state index contributed by atoms with van der Waals surface area (Å²) in [4.78, 5) is 16.7. The van der Waals surface area contributed by atoms with Crippen LogP contribution in [0.4, 0.5) is 0 Å². The molecule has 44 heavy (non-hydrogen) atoms. The quantitative estimate of drug-likeness (QED) is 0.175. The van der Waals surface area contributed by atoms with Gasteiger partial charge in [-0.25, -0.2) is 0 Å². The zero-order chi connectivity index (χ0) is 30.7. The summed E-state index contributed by atoms with van der Waals surface area (Å²) in [6, 6.07) is 30.5. The van der Waals surface area contributed by atoms with E-state index in [1.165, 1.54) is 16.3 Å². The van der Waals surface area contributed by atoms with Gasteiger partial charge in [-0.05, 0) is 72.4 Å². The number of ether oxygens (including phenoxy) is 1. The van der Waals surface area contributed by atoms with Crippen molar-refractivity contribution in [2.45, 2.75) is 51.2 Å². The number of H-pyrrole nitrogens is 1. The van der Waals surface area contributed by atoms with Gasteiger partial charge in [0.15, 0.2) is 5.82 Å². The van der Waals surface area contributed by atoms with Crippen LogP contribution >= 0.6 is 0 Å². The third kappa shape index (κ3) is 6.35. The number of amides is 1. The molecule has 0 saturated carbocycles. The van der Waals surface area contributed by atoms with Crippen molar-refractivity contribution in [2.24, 2.45) is 5.73 Å². The van der Waals surface area contributed by atoms with Crippen LogP contribution in [0.3, 0.4) is 0 Å². The first-order valence-corrected chi connectivity index (χ1v) is 15.0. The third-order valence-electron chi connectivity index (χ3n) is 8.10. The molecule has 1 unspecified atom stereocenters. The first-order valence-electron chi connectivity index (χ1n) is 15.0. The monoisotopic (exact) mass is 586 g/mol. The van der Waals surface area contributed by atoms with E-state index in [0.29, 0.717) is 25.2 Å². The normalized spacial score (nSPS) is 12.5. The van der Waals surface area contributed by atoms with Crippen molar-refractivity contribution in [1.82, 2.24) is 25.1 Å². The number of carbonyl (C=O) groups excluding carboxylic acids is 1. The predicted octanol–water partition coefficient (Wildman–Crippen LogP) is 5.89. The first kappa shape index (κ1) is 29.1. The largest absolute Gasteiger partial charge is 0.497 e. The number of hydrogen-bond donors (Lipinski definition) is 3. The molecule has 6 aromatic rings. The van der Waals surface area contributed by atoms with Gasteiger partial charge in [-0.15, -0.1) is 10.2 Å². The maximum Gasteiger partial charge on any atom is 0.240 e. The molecule has 0 aliphatic heterocycles. The zero-order valence-electron chi connectivity index (χ0n) is 25.4. The van der Waals surface area contributed by atoms with Crippen molar-refractivity contribution in [3.8, 4) is 5.75 Å². The van der Waals surface area contributed by atoms with E-state index in [2.05, 4.69) is 69.6 Å². The Hall–Kier alpha value is -4.95. The summed E-state index contributed by atoms with van der Waals surface area (Å²) >= 11 is 0. The molecular formula is C36H38N6O2. The van der Waals surface area contributed by atoms with Crippen molar-refractivity contribution in [1.29, 1.82) is 0 Å². The molecule has 0 bridgehead atoms. The van der Waals surface area contributed by atoms with Gasteiger partial charge in [0.2, 0.25) is 5.91 Å². The van der Waals surface area contributed by atoms with Crippen LogP contribution in [0.5, 0.6) is 5.75 Å². The summed E-state index contributed by atoms with van der Waals surface area (Å²) in [5, 5.41) is 16.2. The van der Waals surface area contributed by atoms with Crippen LogP contribution in [-0.2, 0) is 30.6 Å². The highest BCUT2D eigenvalue weighted by Gasteiger charge is 2.29. The summed E-state index contributed by atoms with van der Waals surface area (Å²) in [5.41, 5.74) is 9.70. The summed E-state index contributed by atoms with van der Waals surface area (Å²) in [7, 11) is 1.66. The number of nitrogens with one attached hydrogen (secondary N) is 2. The number of aromatic nitrogens is 4. The van der Waals surface area contributed by atoms with Crippen LogP contribution in [0.1, 0.15) is 48.2 Å². The fraction of sp³-hybridized carbons (Fsp3) is 0.250. The van der Waals surface area contributed by atoms with E-state index < -0.39 is 11.6 Å². The number of methoxy groups -OCH3 is 1. The highest BCUT2D eigenvalue weighted by Crippen LogP contribution is 2.25. The predicted molar refractivity (Wildman–Crippen MR) is 175 cm³/mol. The van der Waals surface area contributed by atoms with Crippen molar-refractivity contribution >= 4 is 27.6 Å². The van der Waals surface area contributed by atoms with E-state index in [1.807, 2.05) is 42.5 Å². The molecule has 1 amide bonds. The van der Waals surface area contributed by atoms with Crippen LogP contribution < -0.4 is 15.8 Å². The van der Waals surface area contributed by atoms with Crippen LogP contribution in [0.25, 0.3) is 21.7 Å². The van der Waals surface area contributed by atoms with Gasteiger partial charge in [-0.3, -0.25) is 4.79 Å². The maximum absolute atomic E-state index is 13.3.